The van der Waals surface area contributed by atoms with Gasteiger partial charge in [0.2, 0.25) is 0 Å². The topological polar surface area (TPSA) is 55.8 Å². The molecule has 126 valence electrons. The van der Waals surface area contributed by atoms with Gasteiger partial charge in [0.1, 0.15) is 6.61 Å². The minimum atomic E-state index is -0.297. The largest absolute Gasteiger partial charge is 0.493 e. The first-order valence-electron chi connectivity index (χ1n) is 7.21. The molecule has 0 aromatic heterocycles. The summed E-state index contributed by atoms with van der Waals surface area (Å²) in [6.07, 6.45) is 7.50. The van der Waals surface area contributed by atoms with E-state index in [-0.39, 0.29) is 17.8 Å². The fourth-order valence-corrected chi connectivity index (χ4v) is 3.28. The predicted octanol–water partition coefficient (Wildman–Crippen LogP) is 3.81. The first-order chi connectivity index (χ1) is 11.5. The summed E-state index contributed by atoms with van der Waals surface area (Å²) >= 11 is 7.12. The van der Waals surface area contributed by atoms with Crippen LogP contribution in [0.2, 0.25) is 5.02 Å². The number of halogens is 1. The van der Waals surface area contributed by atoms with Gasteiger partial charge in [-0.2, -0.15) is 0 Å². The van der Waals surface area contributed by atoms with Crippen molar-refractivity contribution in [3.8, 4) is 23.8 Å². The lowest BCUT2D eigenvalue weighted by Crippen LogP contribution is -2.28. The fourth-order valence-electron chi connectivity index (χ4n) is 2.14. The van der Waals surface area contributed by atoms with Crippen molar-refractivity contribution in [2.24, 2.45) is 0 Å². The highest BCUT2D eigenvalue weighted by molar-refractivity contribution is 8.18. The van der Waals surface area contributed by atoms with Crippen molar-refractivity contribution < 1.29 is 19.1 Å². The van der Waals surface area contributed by atoms with E-state index >= 15 is 0 Å². The molecule has 1 aromatic carbocycles. The average molecular weight is 366 g/mol. The Morgan fingerprint density at radius 2 is 2.17 bits per heavy atom. The Bertz CT molecular complexity index is 739. The average Bonchev–Trinajstić information content (AvgIpc) is 2.81. The molecule has 1 aliphatic heterocycles. The number of carbonyl (C=O) groups is 2. The molecule has 2 amide bonds. The Hall–Kier alpha value is -2.10. The summed E-state index contributed by atoms with van der Waals surface area (Å²) in [6.45, 7) is 2.38. The van der Waals surface area contributed by atoms with Gasteiger partial charge in [0, 0.05) is 6.54 Å². The lowest BCUT2D eigenvalue weighted by Gasteiger charge is -2.12. The van der Waals surface area contributed by atoms with Gasteiger partial charge in [-0.05, 0) is 42.0 Å². The van der Waals surface area contributed by atoms with Gasteiger partial charge in [0.25, 0.3) is 11.1 Å². The summed E-state index contributed by atoms with van der Waals surface area (Å²) in [7, 11) is 1.48. The third kappa shape index (κ3) is 3.86. The normalized spacial score (nSPS) is 15.8. The van der Waals surface area contributed by atoms with Crippen LogP contribution in [0.5, 0.6) is 11.5 Å². The van der Waals surface area contributed by atoms with Crippen LogP contribution < -0.4 is 9.47 Å². The molecule has 7 heteroatoms. The predicted molar refractivity (Wildman–Crippen MR) is 95.3 cm³/mol. The van der Waals surface area contributed by atoms with E-state index in [0.29, 0.717) is 40.0 Å². The molecule has 5 nitrogen and oxygen atoms in total. The van der Waals surface area contributed by atoms with Gasteiger partial charge < -0.3 is 9.47 Å². The number of ether oxygens (including phenoxy) is 2. The smallest absolute Gasteiger partial charge is 0.293 e. The fraction of sp³-hybridized carbons (Fsp3) is 0.294. The van der Waals surface area contributed by atoms with E-state index in [9.17, 15) is 9.59 Å². The maximum absolute atomic E-state index is 12.3. The number of hydrogen-bond acceptors (Lipinski definition) is 5. The highest BCUT2D eigenvalue weighted by atomic mass is 35.5. The van der Waals surface area contributed by atoms with E-state index in [0.717, 1.165) is 11.8 Å². The van der Waals surface area contributed by atoms with E-state index in [2.05, 4.69) is 5.92 Å². The molecular weight excluding hydrogens is 350 g/mol. The number of methoxy groups -OCH3 is 1. The standard InChI is InChI=1S/C17H16ClNO4S/c1-4-6-19-16(20)14(24-17(19)21)10-11-8-12(18)15(23-7-5-2)13(9-11)22-3/h2,8-10H,4,6-7H2,1,3H3/b14-10+. The molecule has 0 spiro atoms. The summed E-state index contributed by atoms with van der Waals surface area (Å²) in [5.74, 6) is 2.80. The summed E-state index contributed by atoms with van der Waals surface area (Å²) in [4.78, 5) is 25.7. The van der Waals surface area contributed by atoms with Crippen molar-refractivity contribution in [2.45, 2.75) is 13.3 Å². The highest BCUT2D eigenvalue weighted by Crippen LogP contribution is 2.38. The van der Waals surface area contributed by atoms with Crippen LogP contribution in [-0.4, -0.2) is 36.3 Å². The van der Waals surface area contributed by atoms with Crippen molar-refractivity contribution in [3.05, 3.63) is 27.6 Å². The van der Waals surface area contributed by atoms with Crippen molar-refractivity contribution in [2.75, 3.05) is 20.3 Å². The van der Waals surface area contributed by atoms with Crippen LogP contribution >= 0.6 is 23.4 Å². The zero-order valence-electron chi connectivity index (χ0n) is 13.3. The van der Waals surface area contributed by atoms with Crippen LogP contribution in [0, 0.1) is 12.3 Å². The van der Waals surface area contributed by atoms with Gasteiger partial charge in [0.05, 0.1) is 17.0 Å². The van der Waals surface area contributed by atoms with Crippen molar-refractivity contribution in [1.29, 1.82) is 0 Å². The van der Waals surface area contributed by atoms with Gasteiger partial charge >= 0.3 is 0 Å². The van der Waals surface area contributed by atoms with Crippen LogP contribution in [0.15, 0.2) is 17.0 Å². The number of amides is 2. The second kappa shape index (κ2) is 8.13. The molecule has 2 rings (SSSR count). The Balaban J connectivity index is 2.33. The number of carbonyl (C=O) groups excluding carboxylic acids is 2. The zero-order valence-corrected chi connectivity index (χ0v) is 14.9. The molecule has 1 heterocycles. The Labute approximate surface area is 149 Å². The number of terminal acetylenes is 1. The maximum Gasteiger partial charge on any atom is 0.293 e. The van der Waals surface area contributed by atoms with Gasteiger partial charge in [0.15, 0.2) is 11.5 Å². The molecule has 1 aromatic rings. The van der Waals surface area contributed by atoms with Crippen LogP contribution in [-0.2, 0) is 4.79 Å². The Morgan fingerprint density at radius 1 is 1.42 bits per heavy atom. The molecular formula is C17H16ClNO4S. The molecule has 1 fully saturated rings. The number of hydrogen-bond donors (Lipinski definition) is 0. The minimum Gasteiger partial charge on any atom is -0.493 e. The molecule has 0 N–H and O–H groups in total. The van der Waals surface area contributed by atoms with Crippen molar-refractivity contribution >= 4 is 40.6 Å². The van der Waals surface area contributed by atoms with Crippen LogP contribution in [0.4, 0.5) is 4.79 Å². The third-order valence-corrected chi connectivity index (χ3v) is 4.36. The Kier molecular flexibility index (Phi) is 6.18. The summed E-state index contributed by atoms with van der Waals surface area (Å²) in [6, 6.07) is 3.30. The van der Waals surface area contributed by atoms with Gasteiger partial charge in [-0.3, -0.25) is 14.5 Å². The molecule has 0 atom stereocenters. The number of rotatable bonds is 6. The molecule has 0 unspecified atom stereocenters. The summed E-state index contributed by atoms with van der Waals surface area (Å²) in [5.41, 5.74) is 0.631. The first-order valence-corrected chi connectivity index (χ1v) is 8.40. The molecule has 0 saturated carbocycles. The zero-order chi connectivity index (χ0) is 17.7. The maximum atomic E-state index is 12.3. The highest BCUT2D eigenvalue weighted by Gasteiger charge is 2.34. The summed E-state index contributed by atoms with van der Waals surface area (Å²) < 4.78 is 10.6. The monoisotopic (exact) mass is 365 g/mol. The quantitative estimate of drug-likeness (QED) is 0.566. The van der Waals surface area contributed by atoms with Gasteiger partial charge in [-0.25, -0.2) is 0 Å². The van der Waals surface area contributed by atoms with Crippen LogP contribution in [0.3, 0.4) is 0 Å². The van der Waals surface area contributed by atoms with E-state index in [1.165, 1.54) is 12.0 Å². The Morgan fingerprint density at radius 3 is 2.79 bits per heavy atom. The third-order valence-electron chi connectivity index (χ3n) is 3.17. The second-order valence-electron chi connectivity index (χ2n) is 4.86. The van der Waals surface area contributed by atoms with E-state index < -0.39 is 0 Å². The molecule has 1 saturated heterocycles. The molecule has 0 aliphatic carbocycles. The van der Waals surface area contributed by atoms with Crippen molar-refractivity contribution in [1.82, 2.24) is 4.90 Å². The van der Waals surface area contributed by atoms with E-state index in [4.69, 9.17) is 27.5 Å². The second-order valence-corrected chi connectivity index (χ2v) is 6.26. The van der Waals surface area contributed by atoms with Gasteiger partial charge in [-0.15, -0.1) is 6.42 Å². The number of thioether (sulfide) groups is 1. The lowest BCUT2D eigenvalue weighted by atomic mass is 10.1. The molecule has 1 aliphatic rings. The minimum absolute atomic E-state index is 0.0608. The summed E-state index contributed by atoms with van der Waals surface area (Å²) in [5, 5.41) is 0.0452. The number of nitrogens with zero attached hydrogens (tertiary/aromatic N) is 1. The van der Waals surface area contributed by atoms with E-state index in [1.807, 2.05) is 6.92 Å². The van der Waals surface area contributed by atoms with Crippen molar-refractivity contribution in [3.63, 3.8) is 0 Å². The first kappa shape index (κ1) is 18.2. The number of benzene rings is 1. The van der Waals surface area contributed by atoms with Crippen LogP contribution in [0.25, 0.3) is 6.08 Å². The molecule has 0 radical (unpaired) electrons. The lowest BCUT2D eigenvalue weighted by molar-refractivity contribution is -0.122. The van der Waals surface area contributed by atoms with Crippen LogP contribution in [0.1, 0.15) is 18.9 Å². The van der Waals surface area contributed by atoms with Gasteiger partial charge in [-0.1, -0.05) is 24.4 Å². The number of imide groups is 1. The SMILES string of the molecule is C#CCOc1c(Cl)cc(/C=C2/SC(=O)N(CCC)C2=O)cc1OC. The molecule has 24 heavy (non-hydrogen) atoms. The molecule has 0 bridgehead atoms. The van der Waals surface area contributed by atoms with E-state index in [1.54, 1.807) is 18.2 Å².